The van der Waals surface area contributed by atoms with E-state index in [1.807, 2.05) is 0 Å². The Morgan fingerprint density at radius 3 is 2.36 bits per heavy atom. The average molecular weight is 694 g/mol. The molecule has 0 fully saturated rings. The summed E-state index contributed by atoms with van der Waals surface area (Å²) in [4.78, 5) is 1.65. The van der Waals surface area contributed by atoms with E-state index in [2.05, 4.69) is 161 Å². The second-order valence-electron chi connectivity index (χ2n) is 16.2. The number of aromatic nitrogens is 1. The number of allylic oxidation sites excluding steroid dienone is 3. The summed E-state index contributed by atoms with van der Waals surface area (Å²) in [5, 5.41) is 4.12. The highest BCUT2D eigenvalue weighted by Gasteiger charge is 2.50. The van der Waals surface area contributed by atoms with E-state index in [1.165, 1.54) is 79.5 Å². The summed E-state index contributed by atoms with van der Waals surface area (Å²) in [5.41, 5.74) is 13.9. The molecule has 0 bridgehead atoms. The molecule has 4 aromatic carbocycles. The molecule has 2 aromatic heterocycles. The van der Waals surface area contributed by atoms with Crippen molar-refractivity contribution in [1.29, 1.82) is 0 Å². The SMILES string of the molecule is CC1=C(C)C([Si](C)(CCCCCCOC(C)(C)C)C2C=Cc3c(-c4ccc5c(c4)c4ccccc4n5C)cccc32)c2sc3ccccc3c21. The Hall–Kier alpha value is -3.70. The van der Waals surface area contributed by atoms with Gasteiger partial charge >= 0.3 is 0 Å². The maximum Gasteiger partial charge on any atom is 0.0759 e. The fourth-order valence-corrected chi connectivity index (χ4v) is 17.1. The molecule has 50 heavy (non-hydrogen) atoms. The molecule has 2 aliphatic rings. The van der Waals surface area contributed by atoms with Gasteiger partial charge < -0.3 is 9.30 Å². The number of nitrogens with zero attached hydrogens (tertiary/aromatic N) is 1. The molecule has 3 unspecified atom stereocenters. The summed E-state index contributed by atoms with van der Waals surface area (Å²) in [6.07, 6.45) is 10.1. The van der Waals surface area contributed by atoms with Crippen LogP contribution in [0.1, 0.15) is 93.0 Å². The average Bonchev–Trinajstić information content (AvgIpc) is 3.84. The molecular weight excluding hydrogens is 643 g/mol. The van der Waals surface area contributed by atoms with Gasteiger partial charge in [-0.3, -0.25) is 0 Å². The van der Waals surface area contributed by atoms with Gasteiger partial charge in [0.1, 0.15) is 0 Å². The molecule has 0 saturated heterocycles. The Balaban J connectivity index is 1.17. The normalized spacial score (nSPS) is 18.5. The lowest BCUT2D eigenvalue weighted by molar-refractivity contribution is -0.00471. The van der Waals surface area contributed by atoms with Crippen LogP contribution >= 0.6 is 11.3 Å². The van der Waals surface area contributed by atoms with Gasteiger partial charge in [-0.15, -0.1) is 11.3 Å². The molecule has 0 aliphatic heterocycles. The minimum Gasteiger partial charge on any atom is -0.376 e. The minimum absolute atomic E-state index is 0.0562. The highest BCUT2D eigenvalue weighted by molar-refractivity contribution is 7.20. The third-order valence-electron chi connectivity index (χ3n) is 12.0. The molecule has 0 amide bonds. The maximum atomic E-state index is 6.06. The van der Waals surface area contributed by atoms with Gasteiger partial charge in [0.25, 0.3) is 0 Å². The predicted octanol–water partition coefficient (Wildman–Crippen LogP) is 13.4. The van der Waals surface area contributed by atoms with Crippen LogP contribution < -0.4 is 0 Å². The van der Waals surface area contributed by atoms with Crippen molar-refractivity contribution in [3.05, 3.63) is 118 Å². The zero-order valence-electron chi connectivity index (χ0n) is 30.9. The first kappa shape index (κ1) is 33.4. The molecule has 0 saturated carbocycles. The Kier molecular flexibility index (Phi) is 8.57. The number of aryl methyl sites for hydroxylation is 1. The van der Waals surface area contributed by atoms with Crippen molar-refractivity contribution in [3.8, 4) is 11.1 Å². The fourth-order valence-electron chi connectivity index (χ4n) is 9.38. The number of hydrogen-bond acceptors (Lipinski definition) is 2. The van der Waals surface area contributed by atoms with Crippen LogP contribution in [0.2, 0.25) is 12.6 Å². The Morgan fingerprint density at radius 1 is 0.800 bits per heavy atom. The molecule has 0 radical (unpaired) electrons. The number of thiophene rings is 1. The van der Waals surface area contributed by atoms with Gasteiger partial charge in [0.15, 0.2) is 0 Å². The molecule has 0 N–H and O–H groups in total. The van der Waals surface area contributed by atoms with Crippen molar-refractivity contribution < 1.29 is 4.74 Å². The van der Waals surface area contributed by atoms with E-state index in [0.29, 0.717) is 11.1 Å². The lowest BCUT2D eigenvalue weighted by Crippen LogP contribution is -2.44. The van der Waals surface area contributed by atoms with Gasteiger partial charge in [0, 0.05) is 56.0 Å². The van der Waals surface area contributed by atoms with Crippen LogP contribution in [-0.2, 0) is 11.8 Å². The summed E-state index contributed by atoms with van der Waals surface area (Å²) in [5.74, 6) is 0. The maximum absolute atomic E-state index is 6.06. The van der Waals surface area contributed by atoms with E-state index in [0.717, 1.165) is 13.0 Å². The standard InChI is InChI=1S/C46H51NOSSi/c1-30-31(2)45(44-43(30)37-18-11-13-22-41(37)49-44)50(7,28-15-9-8-14-27-48-46(3,4)5)42-26-24-34-33(19-16-20-36(34)42)32-23-25-40-38(29-32)35-17-10-12-21-39(35)47(40)6/h10-13,16-26,29,42,45H,8-9,14-15,27-28H2,1-7H3. The second-order valence-corrected chi connectivity index (χ2v) is 22.0. The number of rotatable bonds is 10. The van der Waals surface area contributed by atoms with E-state index in [1.54, 1.807) is 21.6 Å². The number of fused-ring (bicyclic) bond motifs is 7. The Bertz CT molecular complexity index is 2310. The van der Waals surface area contributed by atoms with Gasteiger partial charge in [-0.25, -0.2) is 0 Å². The smallest absolute Gasteiger partial charge is 0.0759 e. The highest BCUT2D eigenvalue weighted by atomic mass is 32.1. The fraction of sp³-hybridized carbons (Fsp3) is 0.348. The van der Waals surface area contributed by atoms with Crippen molar-refractivity contribution in [2.75, 3.05) is 6.61 Å². The van der Waals surface area contributed by atoms with Crippen molar-refractivity contribution >= 4 is 63.0 Å². The van der Waals surface area contributed by atoms with Crippen molar-refractivity contribution in [2.24, 2.45) is 7.05 Å². The molecule has 0 spiro atoms. The second kappa shape index (κ2) is 12.8. The largest absolute Gasteiger partial charge is 0.376 e. The van der Waals surface area contributed by atoms with Gasteiger partial charge in [-0.1, -0.05) is 110 Å². The van der Waals surface area contributed by atoms with Crippen LogP contribution in [0.3, 0.4) is 0 Å². The first-order chi connectivity index (χ1) is 24.1. The van der Waals surface area contributed by atoms with E-state index in [-0.39, 0.29) is 5.60 Å². The molecule has 3 atom stereocenters. The number of benzene rings is 4. The van der Waals surface area contributed by atoms with Crippen molar-refractivity contribution in [1.82, 2.24) is 4.57 Å². The Labute approximate surface area is 303 Å². The highest BCUT2D eigenvalue weighted by Crippen LogP contribution is 2.58. The topological polar surface area (TPSA) is 14.2 Å². The number of para-hydroxylation sites is 1. The first-order valence-electron chi connectivity index (χ1n) is 18.7. The van der Waals surface area contributed by atoms with Crippen LogP contribution in [0.15, 0.2) is 96.6 Å². The van der Waals surface area contributed by atoms with E-state index < -0.39 is 8.07 Å². The molecule has 4 heteroatoms. The number of hydrogen-bond donors (Lipinski definition) is 0. The van der Waals surface area contributed by atoms with Crippen LogP contribution in [0.4, 0.5) is 0 Å². The van der Waals surface area contributed by atoms with Gasteiger partial charge in [-0.2, -0.15) is 0 Å². The quantitative estimate of drug-likeness (QED) is 0.103. The summed E-state index contributed by atoms with van der Waals surface area (Å²) >= 11 is 2.08. The van der Waals surface area contributed by atoms with Gasteiger partial charge in [0.05, 0.1) is 13.7 Å². The zero-order chi connectivity index (χ0) is 34.8. The zero-order valence-corrected chi connectivity index (χ0v) is 32.7. The molecule has 2 heterocycles. The lowest BCUT2D eigenvalue weighted by atomic mass is 9.96. The van der Waals surface area contributed by atoms with Crippen molar-refractivity contribution in [3.63, 3.8) is 0 Å². The van der Waals surface area contributed by atoms with Gasteiger partial charge in [0.2, 0.25) is 0 Å². The van der Waals surface area contributed by atoms with Crippen LogP contribution in [0.25, 0.3) is 54.7 Å². The predicted molar refractivity (Wildman–Crippen MR) is 221 cm³/mol. The first-order valence-corrected chi connectivity index (χ1v) is 22.4. The molecule has 2 aliphatic carbocycles. The van der Waals surface area contributed by atoms with E-state index in [4.69, 9.17) is 4.74 Å². The lowest BCUT2D eigenvalue weighted by Gasteiger charge is -2.40. The molecule has 2 nitrogen and oxygen atoms in total. The summed E-state index contributed by atoms with van der Waals surface area (Å²) in [6.45, 7) is 15.0. The van der Waals surface area contributed by atoms with E-state index >= 15 is 0 Å². The van der Waals surface area contributed by atoms with E-state index in [9.17, 15) is 0 Å². The molecule has 8 rings (SSSR count). The number of ether oxygens (including phenoxy) is 1. The number of unbranched alkanes of at least 4 members (excludes halogenated alkanes) is 3. The van der Waals surface area contributed by atoms with Gasteiger partial charge in [-0.05, 0) is 104 Å². The van der Waals surface area contributed by atoms with Crippen molar-refractivity contribution in [2.45, 2.75) is 89.6 Å². The monoisotopic (exact) mass is 693 g/mol. The van der Waals surface area contributed by atoms with Crippen LogP contribution in [0.5, 0.6) is 0 Å². The molecular formula is C46H51NOSSi. The third kappa shape index (κ3) is 5.55. The summed E-state index contributed by atoms with van der Waals surface area (Å²) in [7, 11) is 0.165. The summed E-state index contributed by atoms with van der Waals surface area (Å²) < 4.78 is 9.83. The Morgan fingerprint density at radius 2 is 1.54 bits per heavy atom. The van der Waals surface area contributed by atoms with Crippen LogP contribution in [-0.4, -0.2) is 24.8 Å². The van der Waals surface area contributed by atoms with Crippen LogP contribution in [0, 0.1) is 0 Å². The third-order valence-corrected chi connectivity index (χ3v) is 18.8. The molecule has 6 aromatic rings. The summed E-state index contributed by atoms with van der Waals surface area (Å²) in [6, 6.07) is 33.5. The molecule has 256 valence electrons. The minimum atomic E-state index is -2.02.